The molecule has 0 heterocycles. The second kappa shape index (κ2) is 5.55. The summed E-state index contributed by atoms with van der Waals surface area (Å²) in [7, 11) is -0.967. The van der Waals surface area contributed by atoms with Gasteiger partial charge in [0.2, 0.25) is 0 Å². The van der Waals surface area contributed by atoms with Gasteiger partial charge < -0.3 is 0 Å². The number of nitrogens with one attached hydrogen (secondary N) is 1. The Morgan fingerprint density at radius 3 is 2.38 bits per heavy atom. The van der Waals surface area contributed by atoms with Crippen LogP contribution in [0.4, 0.5) is 0 Å². The summed E-state index contributed by atoms with van der Waals surface area (Å²) in [5.74, 6) is 0. The van der Waals surface area contributed by atoms with Crippen LogP contribution >= 0.6 is 0 Å². The molecule has 0 aromatic carbocycles. The van der Waals surface area contributed by atoms with Crippen molar-refractivity contribution in [1.82, 2.24) is 4.72 Å². The van der Waals surface area contributed by atoms with Crippen molar-refractivity contribution in [2.45, 2.75) is 51.3 Å². The summed E-state index contributed by atoms with van der Waals surface area (Å²) in [6, 6.07) is 0.289. The van der Waals surface area contributed by atoms with E-state index >= 15 is 0 Å². The first-order chi connectivity index (χ1) is 5.91. The Morgan fingerprint density at radius 1 is 1.54 bits per heavy atom. The maximum atomic E-state index is 11.7. The van der Waals surface area contributed by atoms with Crippen LogP contribution in [-0.4, -0.2) is 15.0 Å². The molecule has 0 fully saturated rings. The molecule has 2 nitrogen and oxygen atoms in total. The number of hydrogen-bond acceptors (Lipinski definition) is 1. The van der Waals surface area contributed by atoms with Gasteiger partial charge in [0, 0.05) is 6.04 Å². The molecule has 0 aliphatic rings. The van der Waals surface area contributed by atoms with Crippen LogP contribution in [0.15, 0.2) is 12.7 Å². The van der Waals surface area contributed by atoms with Crippen LogP contribution in [0.1, 0.15) is 40.5 Å². The minimum atomic E-state index is -0.967. The quantitative estimate of drug-likeness (QED) is 0.683. The van der Waals surface area contributed by atoms with Gasteiger partial charge in [-0.25, -0.2) is 8.93 Å². The van der Waals surface area contributed by atoms with Crippen molar-refractivity contribution in [3.63, 3.8) is 0 Å². The smallest absolute Gasteiger partial charge is 0.0972 e. The van der Waals surface area contributed by atoms with Crippen LogP contribution in [-0.2, 0) is 11.0 Å². The van der Waals surface area contributed by atoms with Gasteiger partial charge in [0.05, 0.1) is 15.7 Å². The third-order valence-corrected chi connectivity index (χ3v) is 3.43. The lowest BCUT2D eigenvalue weighted by atomic mass is 10.2. The van der Waals surface area contributed by atoms with Gasteiger partial charge in [-0.05, 0) is 33.6 Å². The molecule has 0 bridgehead atoms. The van der Waals surface area contributed by atoms with Gasteiger partial charge in [0.15, 0.2) is 0 Å². The van der Waals surface area contributed by atoms with Gasteiger partial charge in [-0.2, -0.15) is 0 Å². The minimum absolute atomic E-state index is 0.186. The van der Waals surface area contributed by atoms with Crippen molar-refractivity contribution in [3.8, 4) is 0 Å². The van der Waals surface area contributed by atoms with Gasteiger partial charge in [0.1, 0.15) is 0 Å². The Labute approximate surface area is 84.4 Å². The molecule has 0 saturated carbocycles. The SMILES string of the molecule is C=CC[C@@H](CC)NS(=O)C(C)(C)C. The zero-order valence-electron chi connectivity index (χ0n) is 9.09. The first-order valence-electron chi connectivity index (χ1n) is 4.70. The average molecular weight is 203 g/mol. The molecule has 0 aliphatic carbocycles. The molecule has 0 aromatic heterocycles. The topological polar surface area (TPSA) is 29.1 Å². The lowest BCUT2D eigenvalue weighted by Crippen LogP contribution is -2.39. The minimum Gasteiger partial charge on any atom is -0.242 e. The van der Waals surface area contributed by atoms with Gasteiger partial charge in [0.25, 0.3) is 0 Å². The summed E-state index contributed by atoms with van der Waals surface area (Å²) in [6.45, 7) is 11.7. The highest BCUT2D eigenvalue weighted by atomic mass is 32.2. The van der Waals surface area contributed by atoms with Gasteiger partial charge in [-0.3, -0.25) is 0 Å². The second-order valence-electron chi connectivity index (χ2n) is 4.13. The van der Waals surface area contributed by atoms with E-state index in [1.807, 2.05) is 26.8 Å². The highest BCUT2D eigenvalue weighted by Gasteiger charge is 2.21. The molecule has 0 amide bonds. The highest BCUT2D eigenvalue weighted by molar-refractivity contribution is 7.84. The van der Waals surface area contributed by atoms with Gasteiger partial charge in [-0.1, -0.05) is 13.0 Å². The van der Waals surface area contributed by atoms with Crippen LogP contribution in [0.5, 0.6) is 0 Å². The maximum Gasteiger partial charge on any atom is 0.0972 e. The van der Waals surface area contributed by atoms with E-state index < -0.39 is 11.0 Å². The molecule has 0 rings (SSSR count). The summed E-state index contributed by atoms with van der Waals surface area (Å²) in [5, 5.41) is 0. The molecule has 0 spiro atoms. The zero-order valence-corrected chi connectivity index (χ0v) is 9.91. The fourth-order valence-corrected chi connectivity index (χ4v) is 1.75. The molecule has 0 aliphatic heterocycles. The molecule has 3 heteroatoms. The van der Waals surface area contributed by atoms with Crippen molar-refractivity contribution in [1.29, 1.82) is 0 Å². The van der Waals surface area contributed by atoms with E-state index in [4.69, 9.17) is 0 Å². The van der Waals surface area contributed by atoms with Gasteiger partial charge in [-0.15, -0.1) is 6.58 Å². The molecule has 78 valence electrons. The van der Waals surface area contributed by atoms with E-state index in [0.717, 1.165) is 12.8 Å². The normalized spacial score (nSPS) is 16.6. The number of rotatable bonds is 5. The molecule has 0 aromatic rings. The monoisotopic (exact) mass is 203 g/mol. The maximum absolute atomic E-state index is 11.7. The van der Waals surface area contributed by atoms with E-state index in [0.29, 0.717) is 0 Å². The van der Waals surface area contributed by atoms with E-state index in [9.17, 15) is 4.21 Å². The lowest BCUT2D eigenvalue weighted by molar-refractivity contribution is 0.574. The van der Waals surface area contributed by atoms with Crippen LogP contribution in [0.25, 0.3) is 0 Å². The van der Waals surface area contributed by atoms with E-state index in [1.54, 1.807) is 0 Å². The fourth-order valence-electron chi connectivity index (χ4n) is 0.827. The largest absolute Gasteiger partial charge is 0.242 e. The summed E-state index contributed by atoms with van der Waals surface area (Å²) in [6.07, 6.45) is 3.72. The third kappa shape index (κ3) is 5.21. The van der Waals surface area contributed by atoms with E-state index in [1.165, 1.54) is 0 Å². The average Bonchev–Trinajstić information content (AvgIpc) is 2.01. The number of hydrogen-bond donors (Lipinski definition) is 1. The molecule has 0 radical (unpaired) electrons. The predicted octanol–water partition coefficient (Wildman–Crippen LogP) is 2.39. The van der Waals surface area contributed by atoms with Crippen LogP contribution < -0.4 is 4.72 Å². The van der Waals surface area contributed by atoms with Crippen molar-refractivity contribution in [2.24, 2.45) is 0 Å². The summed E-state index contributed by atoms with van der Waals surface area (Å²) in [5.41, 5.74) is 0. The molecule has 0 saturated heterocycles. The van der Waals surface area contributed by atoms with Gasteiger partial charge >= 0.3 is 0 Å². The molecule has 2 atom stereocenters. The summed E-state index contributed by atoms with van der Waals surface area (Å²) < 4.78 is 14.6. The zero-order chi connectivity index (χ0) is 10.5. The molecule has 13 heavy (non-hydrogen) atoms. The van der Waals surface area contributed by atoms with E-state index in [2.05, 4.69) is 18.2 Å². The highest BCUT2D eigenvalue weighted by Crippen LogP contribution is 2.11. The van der Waals surface area contributed by atoms with Crippen LogP contribution in [0.3, 0.4) is 0 Å². The Hall–Kier alpha value is -0.150. The van der Waals surface area contributed by atoms with Crippen LogP contribution in [0.2, 0.25) is 0 Å². The Morgan fingerprint density at radius 2 is 2.08 bits per heavy atom. The van der Waals surface area contributed by atoms with Crippen molar-refractivity contribution >= 4 is 11.0 Å². The predicted molar refractivity (Wildman–Crippen MR) is 59.9 cm³/mol. The Kier molecular flexibility index (Phi) is 5.49. The summed E-state index contributed by atoms with van der Waals surface area (Å²) >= 11 is 0. The third-order valence-electron chi connectivity index (χ3n) is 1.77. The Balaban J connectivity index is 4.08. The standard InChI is InChI=1S/C10H21NOS/c1-6-8-9(7-2)11-13(12)10(3,4)5/h6,9,11H,1,7-8H2,2-5H3/t9-,13?/m1/s1. The molecule has 1 N–H and O–H groups in total. The first-order valence-corrected chi connectivity index (χ1v) is 5.85. The lowest BCUT2D eigenvalue weighted by Gasteiger charge is -2.22. The molecular weight excluding hydrogens is 182 g/mol. The van der Waals surface area contributed by atoms with Crippen molar-refractivity contribution in [3.05, 3.63) is 12.7 Å². The second-order valence-corrected chi connectivity index (χ2v) is 6.13. The van der Waals surface area contributed by atoms with Crippen molar-refractivity contribution < 1.29 is 4.21 Å². The van der Waals surface area contributed by atoms with E-state index in [-0.39, 0.29) is 10.8 Å². The van der Waals surface area contributed by atoms with Crippen LogP contribution in [0, 0.1) is 0 Å². The molecule has 1 unspecified atom stereocenters. The Bertz CT molecular complexity index is 184. The molecular formula is C10H21NOS. The fraction of sp³-hybridized carbons (Fsp3) is 0.800. The first kappa shape index (κ1) is 12.8. The summed E-state index contributed by atoms with van der Waals surface area (Å²) in [4.78, 5) is 0. The van der Waals surface area contributed by atoms with Crippen molar-refractivity contribution in [2.75, 3.05) is 0 Å².